The third-order valence-electron chi connectivity index (χ3n) is 2.79. The number of rotatable bonds is 2. The van der Waals surface area contributed by atoms with E-state index >= 15 is 0 Å². The number of benzene rings is 1. The number of fused-ring (bicyclic) bond motifs is 1. The highest BCUT2D eigenvalue weighted by Crippen LogP contribution is 2.13. The zero-order valence-corrected chi connectivity index (χ0v) is 13.1. The summed E-state index contributed by atoms with van der Waals surface area (Å²) in [6, 6.07) is 8.01. The van der Waals surface area contributed by atoms with Crippen LogP contribution in [0.15, 0.2) is 24.3 Å². The zero-order chi connectivity index (χ0) is 13.9. The van der Waals surface area contributed by atoms with Gasteiger partial charge in [0.1, 0.15) is 8.07 Å². The van der Waals surface area contributed by atoms with Gasteiger partial charge in [-0.1, -0.05) is 31.8 Å². The number of aromatic nitrogens is 2. The Morgan fingerprint density at radius 2 is 1.68 bits per heavy atom. The molecule has 3 heteroatoms. The van der Waals surface area contributed by atoms with Crippen molar-refractivity contribution in [1.82, 2.24) is 9.97 Å². The smallest absolute Gasteiger partial charge is 0.129 e. The molecule has 0 aliphatic carbocycles. The molecule has 0 saturated carbocycles. The van der Waals surface area contributed by atoms with E-state index in [1.807, 2.05) is 31.2 Å². The fourth-order valence-electron chi connectivity index (χ4n) is 1.87. The highest BCUT2D eigenvalue weighted by Gasteiger charge is 2.07. The van der Waals surface area contributed by atoms with Gasteiger partial charge in [0.2, 0.25) is 0 Å². The lowest BCUT2D eigenvalue weighted by Crippen LogP contribution is -2.16. The molecule has 19 heavy (non-hydrogen) atoms. The summed E-state index contributed by atoms with van der Waals surface area (Å²) < 4.78 is 0. The van der Waals surface area contributed by atoms with E-state index in [1.54, 1.807) is 0 Å². The summed E-state index contributed by atoms with van der Waals surface area (Å²) in [5.74, 6) is 3.29. The summed E-state index contributed by atoms with van der Waals surface area (Å²) in [5.41, 5.74) is 7.43. The summed E-state index contributed by atoms with van der Waals surface area (Å²) in [6.07, 6.45) is 1.76. The van der Waals surface area contributed by atoms with Crippen LogP contribution in [-0.4, -0.2) is 18.0 Å². The average molecular weight is 268 g/mol. The fraction of sp³-hybridized carbons (Fsp3) is 0.375. The maximum Gasteiger partial charge on any atom is 0.129 e. The van der Waals surface area contributed by atoms with Crippen LogP contribution in [0.5, 0.6) is 0 Å². The van der Waals surface area contributed by atoms with Gasteiger partial charge < -0.3 is 0 Å². The van der Waals surface area contributed by atoms with Crippen LogP contribution < -0.4 is 0 Å². The highest BCUT2D eigenvalue weighted by molar-refractivity contribution is 6.83. The first-order chi connectivity index (χ1) is 8.96. The lowest BCUT2D eigenvalue weighted by atomic mass is 10.2. The first-order valence-electron chi connectivity index (χ1n) is 6.68. The summed E-state index contributed by atoms with van der Waals surface area (Å²) in [4.78, 5) is 9.29. The molecule has 1 aromatic carbocycles. The van der Waals surface area contributed by atoms with Crippen LogP contribution >= 0.6 is 0 Å². The first-order valence-corrected chi connectivity index (χ1v) is 10.2. The normalized spacial score (nSPS) is 11.2. The van der Waals surface area contributed by atoms with E-state index < -0.39 is 8.07 Å². The van der Waals surface area contributed by atoms with Crippen LogP contribution in [-0.2, 0) is 6.42 Å². The Hall–Kier alpha value is -1.66. The molecule has 2 aromatic rings. The molecule has 0 unspecified atom stereocenters. The van der Waals surface area contributed by atoms with Crippen molar-refractivity contribution in [1.29, 1.82) is 0 Å². The Bertz CT molecular complexity index is 645. The minimum atomic E-state index is -1.25. The third kappa shape index (κ3) is 3.90. The van der Waals surface area contributed by atoms with Crippen LogP contribution in [0.3, 0.4) is 0 Å². The maximum atomic E-state index is 4.69. The molecule has 0 aliphatic rings. The van der Waals surface area contributed by atoms with Crippen molar-refractivity contribution >= 4 is 19.1 Å². The molecule has 0 radical (unpaired) electrons. The summed E-state index contributed by atoms with van der Waals surface area (Å²) in [7, 11) is -1.25. The molecule has 2 nitrogen and oxygen atoms in total. The standard InChI is InChI=1S/C16H20N2Si/c1-13-14(9-7-8-12-19(2,3)4)18-16-11-6-5-10-15(16)17-13/h5-6,10-11H,7,9H2,1-4H3. The van der Waals surface area contributed by atoms with Crippen molar-refractivity contribution < 1.29 is 0 Å². The van der Waals surface area contributed by atoms with Gasteiger partial charge in [-0.25, -0.2) is 9.97 Å². The van der Waals surface area contributed by atoms with Crippen LogP contribution in [0.4, 0.5) is 0 Å². The monoisotopic (exact) mass is 268 g/mol. The molecule has 2 rings (SSSR count). The van der Waals surface area contributed by atoms with E-state index in [2.05, 4.69) is 41.1 Å². The molecule has 0 spiro atoms. The van der Waals surface area contributed by atoms with Crippen molar-refractivity contribution in [2.75, 3.05) is 0 Å². The number of para-hydroxylation sites is 2. The molecule has 1 heterocycles. The van der Waals surface area contributed by atoms with E-state index in [4.69, 9.17) is 0 Å². The molecular formula is C16H20N2Si. The van der Waals surface area contributed by atoms with Crippen molar-refractivity contribution in [3.05, 3.63) is 35.7 Å². The quantitative estimate of drug-likeness (QED) is 0.612. The topological polar surface area (TPSA) is 25.8 Å². The lowest BCUT2D eigenvalue weighted by molar-refractivity contribution is 0.933. The minimum Gasteiger partial charge on any atom is -0.250 e. The Kier molecular flexibility index (Phi) is 4.01. The molecule has 0 fully saturated rings. The average Bonchev–Trinajstić information content (AvgIpc) is 2.33. The first kappa shape index (κ1) is 13.8. The third-order valence-corrected chi connectivity index (χ3v) is 3.72. The molecule has 1 aromatic heterocycles. The van der Waals surface area contributed by atoms with Gasteiger partial charge in [-0.3, -0.25) is 0 Å². The second-order valence-corrected chi connectivity index (χ2v) is 10.5. The molecule has 0 aliphatic heterocycles. The van der Waals surface area contributed by atoms with Crippen LogP contribution in [0.25, 0.3) is 11.0 Å². The molecular weight excluding hydrogens is 248 g/mol. The van der Waals surface area contributed by atoms with Gasteiger partial charge >= 0.3 is 0 Å². The van der Waals surface area contributed by atoms with Crippen molar-refractivity contribution in [3.63, 3.8) is 0 Å². The van der Waals surface area contributed by atoms with Gasteiger partial charge in [-0.15, -0.1) is 11.5 Å². The van der Waals surface area contributed by atoms with Gasteiger partial charge in [-0.05, 0) is 19.1 Å². The lowest BCUT2D eigenvalue weighted by Gasteiger charge is -2.05. The zero-order valence-electron chi connectivity index (χ0n) is 12.1. The SMILES string of the molecule is Cc1nc2ccccc2nc1CCC#C[Si](C)(C)C. The van der Waals surface area contributed by atoms with E-state index in [1.165, 1.54) is 0 Å². The molecule has 0 bridgehead atoms. The molecule has 0 N–H and O–H groups in total. The van der Waals surface area contributed by atoms with Gasteiger partial charge in [0, 0.05) is 12.8 Å². The van der Waals surface area contributed by atoms with E-state index in [9.17, 15) is 0 Å². The van der Waals surface area contributed by atoms with E-state index in [0.29, 0.717) is 0 Å². The minimum absolute atomic E-state index is 0.873. The molecule has 98 valence electrons. The number of nitrogens with zero attached hydrogens (tertiary/aromatic N) is 2. The highest BCUT2D eigenvalue weighted by atomic mass is 28.3. The molecule has 0 amide bonds. The summed E-state index contributed by atoms with van der Waals surface area (Å²) >= 11 is 0. The van der Waals surface area contributed by atoms with E-state index in [-0.39, 0.29) is 0 Å². The molecule has 0 saturated heterocycles. The Labute approximate surface area is 116 Å². The second kappa shape index (κ2) is 5.54. The summed E-state index contributed by atoms with van der Waals surface area (Å²) in [5, 5.41) is 0. The maximum absolute atomic E-state index is 4.69. The fourth-order valence-corrected chi connectivity index (χ4v) is 2.53. The van der Waals surface area contributed by atoms with Crippen LogP contribution in [0.1, 0.15) is 17.8 Å². The number of hydrogen-bond donors (Lipinski definition) is 0. The van der Waals surface area contributed by atoms with Crippen LogP contribution in [0, 0.1) is 18.4 Å². The second-order valence-electron chi connectivity index (χ2n) is 5.80. The largest absolute Gasteiger partial charge is 0.250 e. The van der Waals surface area contributed by atoms with Gasteiger partial charge in [-0.2, -0.15) is 0 Å². The Balaban J connectivity index is 2.16. The Morgan fingerprint density at radius 1 is 1.05 bits per heavy atom. The van der Waals surface area contributed by atoms with Gasteiger partial charge in [0.15, 0.2) is 0 Å². The van der Waals surface area contributed by atoms with Crippen LogP contribution in [0.2, 0.25) is 19.6 Å². The van der Waals surface area contributed by atoms with E-state index in [0.717, 1.165) is 35.3 Å². The van der Waals surface area contributed by atoms with Crippen molar-refractivity contribution in [2.45, 2.75) is 39.4 Å². The van der Waals surface area contributed by atoms with Crippen molar-refractivity contribution in [2.24, 2.45) is 0 Å². The predicted octanol–water partition coefficient (Wildman–Crippen LogP) is 3.75. The van der Waals surface area contributed by atoms with Gasteiger partial charge in [0.25, 0.3) is 0 Å². The van der Waals surface area contributed by atoms with Gasteiger partial charge in [0.05, 0.1) is 22.4 Å². The number of hydrogen-bond acceptors (Lipinski definition) is 2. The van der Waals surface area contributed by atoms with Crippen molar-refractivity contribution in [3.8, 4) is 11.5 Å². The predicted molar refractivity (Wildman–Crippen MR) is 83.7 cm³/mol. The summed E-state index contributed by atoms with van der Waals surface area (Å²) in [6.45, 7) is 8.82. The number of aryl methyl sites for hydroxylation is 2. The molecule has 0 atom stereocenters. The Morgan fingerprint density at radius 3 is 2.32 bits per heavy atom.